The van der Waals surface area contributed by atoms with Crippen LogP contribution in [-0.4, -0.2) is 66.5 Å². The third-order valence-corrected chi connectivity index (χ3v) is 7.07. The molecule has 4 rings (SSSR count). The largest absolute Gasteiger partial charge is 0.480 e. The lowest BCUT2D eigenvalue weighted by molar-refractivity contribution is -0.139. The summed E-state index contributed by atoms with van der Waals surface area (Å²) >= 11 is 1.97. The maximum Gasteiger partial charge on any atom is 0.336 e. The first-order valence-corrected chi connectivity index (χ1v) is 14.1. The van der Waals surface area contributed by atoms with Gasteiger partial charge in [0.25, 0.3) is 11.8 Å². The van der Waals surface area contributed by atoms with E-state index in [4.69, 9.17) is 11.5 Å². The van der Waals surface area contributed by atoms with Crippen molar-refractivity contribution in [3.05, 3.63) is 80.2 Å². The number of fused-ring (bicyclic) bond motifs is 1. The number of nitrogens with one attached hydrogen (secondary N) is 2. The van der Waals surface area contributed by atoms with Gasteiger partial charge in [0.2, 0.25) is 5.95 Å². The minimum absolute atomic E-state index is 0.0148. The molecule has 0 radical (unpaired) electrons. The fourth-order valence-corrected chi connectivity index (χ4v) is 4.68. The second-order valence-corrected chi connectivity index (χ2v) is 10.7. The summed E-state index contributed by atoms with van der Waals surface area (Å²) in [6.45, 7) is 0.0902. The molecule has 1 atom stereocenters. The first kappa shape index (κ1) is 31.0. The van der Waals surface area contributed by atoms with Gasteiger partial charge in [-0.25, -0.2) is 19.6 Å². The average molecular weight is 698 g/mol. The minimum atomic E-state index is -1.23. The third kappa shape index (κ3) is 8.09. The fraction of sp³-hybridized carbons (Fsp3) is 0.214. The number of aryl methyl sites for hydroxylation is 2. The number of benzene rings is 2. The second kappa shape index (κ2) is 13.8. The Morgan fingerprint density at radius 2 is 1.65 bits per heavy atom. The van der Waals surface area contributed by atoms with Gasteiger partial charge in [0, 0.05) is 15.7 Å². The Morgan fingerprint density at radius 1 is 0.907 bits per heavy atom. The van der Waals surface area contributed by atoms with Crippen molar-refractivity contribution >= 4 is 69.3 Å². The van der Waals surface area contributed by atoms with E-state index in [0.29, 0.717) is 33.3 Å². The molecule has 2 amide bonds. The lowest BCUT2D eigenvalue weighted by Crippen LogP contribution is -2.41. The number of carboxylic acids is 2. The van der Waals surface area contributed by atoms with Gasteiger partial charge in [-0.15, -0.1) is 0 Å². The molecular weight excluding hydrogens is 671 g/mol. The van der Waals surface area contributed by atoms with Crippen molar-refractivity contribution in [2.75, 3.05) is 18.0 Å². The molecule has 43 heavy (non-hydrogen) atoms. The van der Waals surface area contributed by atoms with Gasteiger partial charge in [0.15, 0.2) is 17.0 Å². The highest BCUT2D eigenvalue weighted by molar-refractivity contribution is 14.1. The summed E-state index contributed by atoms with van der Waals surface area (Å²) in [6.07, 6.45) is 3.00. The number of rotatable bonds is 12. The van der Waals surface area contributed by atoms with Gasteiger partial charge < -0.3 is 32.3 Å². The molecule has 4 aromatic rings. The summed E-state index contributed by atoms with van der Waals surface area (Å²) in [5, 5.41) is 24.0. The van der Waals surface area contributed by atoms with Crippen LogP contribution in [0.4, 0.5) is 11.8 Å². The van der Waals surface area contributed by atoms with E-state index < -0.39 is 29.8 Å². The van der Waals surface area contributed by atoms with Crippen molar-refractivity contribution in [1.82, 2.24) is 30.6 Å². The number of carbonyl (C=O) groups excluding carboxylic acids is 2. The van der Waals surface area contributed by atoms with Crippen molar-refractivity contribution < 1.29 is 29.4 Å². The monoisotopic (exact) mass is 698 g/mol. The van der Waals surface area contributed by atoms with Crippen LogP contribution in [0.25, 0.3) is 11.2 Å². The maximum absolute atomic E-state index is 12.7. The number of hydrogen-bond donors (Lipinski definition) is 6. The Balaban J connectivity index is 1.28. The maximum atomic E-state index is 12.7. The highest BCUT2D eigenvalue weighted by Gasteiger charge is 2.21. The van der Waals surface area contributed by atoms with Crippen LogP contribution in [0.5, 0.6) is 0 Å². The lowest BCUT2D eigenvalue weighted by Gasteiger charge is -2.15. The molecular formula is C28H27IN8O6. The van der Waals surface area contributed by atoms with Crippen LogP contribution in [0.3, 0.4) is 0 Å². The van der Waals surface area contributed by atoms with E-state index in [9.17, 15) is 29.4 Å². The fourth-order valence-electron chi connectivity index (χ4n) is 4.19. The van der Waals surface area contributed by atoms with Gasteiger partial charge >= 0.3 is 11.9 Å². The number of nitrogen functional groups attached to an aromatic ring is 2. The molecule has 0 saturated heterocycles. The third-order valence-electron chi connectivity index (χ3n) is 6.40. The number of nitrogens with two attached hydrogens (primary N) is 2. The predicted octanol–water partition coefficient (Wildman–Crippen LogP) is 2.07. The molecule has 0 aliphatic heterocycles. The molecule has 14 nitrogen and oxygen atoms in total. The molecule has 0 saturated carbocycles. The summed E-state index contributed by atoms with van der Waals surface area (Å²) in [4.78, 5) is 65.0. The van der Waals surface area contributed by atoms with Crippen LogP contribution in [-0.2, 0) is 17.6 Å². The average Bonchev–Trinajstić information content (AvgIpc) is 2.97. The van der Waals surface area contributed by atoms with E-state index in [1.165, 1.54) is 12.1 Å². The van der Waals surface area contributed by atoms with Crippen LogP contribution >= 0.6 is 22.6 Å². The predicted molar refractivity (Wildman–Crippen MR) is 164 cm³/mol. The smallest absolute Gasteiger partial charge is 0.336 e. The normalized spacial score (nSPS) is 11.6. The summed E-state index contributed by atoms with van der Waals surface area (Å²) in [6, 6.07) is 9.95. The zero-order chi connectivity index (χ0) is 31.1. The quantitative estimate of drug-likeness (QED) is 0.0922. The Morgan fingerprint density at radius 3 is 2.35 bits per heavy atom. The van der Waals surface area contributed by atoms with Crippen LogP contribution in [0, 0.1) is 3.57 Å². The Labute approximate surface area is 258 Å². The Bertz CT molecular complexity index is 1700. The highest BCUT2D eigenvalue weighted by atomic mass is 127. The zero-order valence-corrected chi connectivity index (χ0v) is 24.7. The summed E-state index contributed by atoms with van der Waals surface area (Å²) < 4.78 is 0.695. The van der Waals surface area contributed by atoms with Gasteiger partial charge in [-0.1, -0.05) is 12.1 Å². The molecule has 15 heteroatoms. The number of carbonyl (C=O) groups is 4. The number of nitrogens with zero attached hydrogens (tertiary/aromatic N) is 4. The molecule has 8 N–H and O–H groups in total. The molecule has 222 valence electrons. The van der Waals surface area contributed by atoms with Crippen molar-refractivity contribution in [3.8, 4) is 0 Å². The Hall–Kier alpha value is -4.93. The first-order chi connectivity index (χ1) is 20.5. The molecule has 0 bridgehead atoms. The SMILES string of the molecule is Nc1nc(N)c2nc(CCc3ccc(C(=O)N[C@@H](CCCNC(=O)c4cc(I)ccc4C(=O)O)C(=O)O)cc3)cnc2n1. The van der Waals surface area contributed by atoms with E-state index in [2.05, 4.69) is 30.6 Å². The van der Waals surface area contributed by atoms with E-state index in [0.717, 1.165) is 5.56 Å². The van der Waals surface area contributed by atoms with Crippen molar-refractivity contribution in [3.63, 3.8) is 0 Å². The zero-order valence-electron chi connectivity index (χ0n) is 22.6. The topological polar surface area (TPSA) is 236 Å². The molecule has 2 aromatic carbocycles. The number of anilines is 2. The molecule has 2 heterocycles. The van der Waals surface area contributed by atoms with E-state index in [1.54, 1.807) is 36.5 Å². The van der Waals surface area contributed by atoms with Gasteiger partial charge in [0.1, 0.15) is 6.04 Å². The summed E-state index contributed by atoms with van der Waals surface area (Å²) in [5.74, 6) is -3.41. The molecule has 0 spiro atoms. The van der Waals surface area contributed by atoms with E-state index in [-0.39, 0.29) is 47.8 Å². The first-order valence-electron chi connectivity index (χ1n) is 13.0. The van der Waals surface area contributed by atoms with Crippen LogP contribution in [0.1, 0.15) is 55.2 Å². The van der Waals surface area contributed by atoms with Gasteiger partial charge in [-0.2, -0.15) is 9.97 Å². The van der Waals surface area contributed by atoms with Gasteiger partial charge in [-0.05, 0) is 84.2 Å². The number of aromatic nitrogens is 4. The molecule has 0 unspecified atom stereocenters. The van der Waals surface area contributed by atoms with Crippen molar-refractivity contribution in [1.29, 1.82) is 0 Å². The molecule has 2 aromatic heterocycles. The molecule has 0 aliphatic carbocycles. The van der Waals surface area contributed by atoms with Crippen molar-refractivity contribution in [2.24, 2.45) is 0 Å². The number of hydrogen-bond acceptors (Lipinski definition) is 10. The summed E-state index contributed by atoms with van der Waals surface area (Å²) in [7, 11) is 0. The van der Waals surface area contributed by atoms with Gasteiger partial charge in [-0.3, -0.25) is 9.59 Å². The van der Waals surface area contributed by atoms with Crippen LogP contribution in [0.2, 0.25) is 0 Å². The van der Waals surface area contributed by atoms with Crippen molar-refractivity contribution in [2.45, 2.75) is 31.7 Å². The number of aromatic carboxylic acids is 1. The minimum Gasteiger partial charge on any atom is -0.480 e. The Kier molecular flexibility index (Phi) is 9.97. The standard InChI is InChI=1S/C28H27IN8O6/c29-16-8-10-18(26(40)41)19(12-16)25(39)32-11-1-2-20(27(42)43)35-24(38)15-6-3-14(4-7-15)5-9-17-13-33-23-21(34-17)22(30)36-28(31)37-23/h3-4,6-8,10,12-13,20H,1-2,5,9,11H2,(H,32,39)(H,35,38)(H,40,41)(H,42,43)(H4,30,31,33,36,37)/t20-/m0/s1. The van der Waals surface area contributed by atoms with E-state index >= 15 is 0 Å². The number of halogens is 1. The van der Waals surface area contributed by atoms with E-state index in [1.807, 2.05) is 22.6 Å². The molecule has 0 fully saturated rings. The van der Waals surface area contributed by atoms with Crippen LogP contribution in [0.15, 0.2) is 48.7 Å². The lowest BCUT2D eigenvalue weighted by atomic mass is 10.0. The number of amides is 2. The van der Waals surface area contributed by atoms with Crippen LogP contribution < -0.4 is 22.1 Å². The second-order valence-electron chi connectivity index (χ2n) is 9.45. The highest BCUT2D eigenvalue weighted by Crippen LogP contribution is 2.17. The number of aliphatic carboxylic acids is 1. The van der Waals surface area contributed by atoms with Gasteiger partial charge in [0.05, 0.1) is 23.0 Å². The summed E-state index contributed by atoms with van der Waals surface area (Å²) in [5.41, 5.74) is 13.9. The number of carboxylic acid groups (broad SMARTS) is 2. The molecule has 0 aliphatic rings.